The molecule has 1 nitrogen and oxygen atoms in total. The van der Waals surface area contributed by atoms with Crippen molar-refractivity contribution in [3.63, 3.8) is 0 Å². The normalized spacial score (nSPS) is 18.6. The predicted molar refractivity (Wildman–Crippen MR) is 83.4 cm³/mol. The third-order valence-corrected chi connectivity index (χ3v) is 2.85. The molecule has 0 spiro atoms. The fourth-order valence-corrected chi connectivity index (χ4v) is 1.81. The molecule has 0 aliphatic heterocycles. The van der Waals surface area contributed by atoms with Crippen molar-refractivity contribution in [3.8, 4) is 0 Å². The Morgan fingerprint density at radius 1 is 1.06 bits per heavy atom. The Balaban J connectivity index is 0.000000267. The smallest absolute Gasteiger partial charge is 0.0540 e. The minimum atomic E-state index is 0.539. The maximum absolute atomic E-state index is 7.06. The van der Waals surface area contributed by atoms with E-state index in [2.05, 4.69) is 27.4 Å². The topological polar surface area (TPSA) is 23.9 Å². The van der Waals surface area contributed by atoms with Gasteiger partial charge in [-0.05, 0) is 23.6 Å². The molecule has 0 aromatic heterocycles. The van der Waals surface area contributed by atoms with Crippen LogP contribution >= 0.6 is 0 Å². The summed E-state index contributed by atoms with van der Waals surface area (Å²) in [6.45, 7) is 10.3. The predicted octanol–water partition coefficient (Wildman–Crippen LogP) is 5.69. The van der Waals surface area contributed by atoms with Crippen molar-refractivity contribution in [3.05, 3.63) is 36.5 Å². The van der Waals surface area contributed by atoms with Crippen LogP contribution < -0.4 is 0 Å². The van der Waals surface area contributed by atoms with Crippen LogP contribution in [0.4, 0.5) is 0 Å². The number of allylic oxidation sites excluding steroid dienone is 5. The summed E-state index contributed by atoms with van der Waals surface area (Å²) >= 11 is 0. The highest BCUT2D eigenvalue weighted by atomic mass is 14.4. The lowest BCUT2D eigenvalue weighted by Gasteiger charge is -2.15. The summed E-state index contributed by atoms with van der Waals surface area (Å²) < 4.78 is 0. The van der Waals surface area contributed by atoms with Crippen LogP contribution in [0.5, 0.6) is 0 Å². The molecule has 0 heterocycles. The minimum Gasteiger partial charge on any atom is -0.301 e. The van der Waals surface area contributed by atoms with Gasteiger partial charge in [-0.2, -0.15) is 0 Å². The summed E-state index contributed by atoms with van der Waals surface area (Å²) in [5.74, 6) is 1.04. The Hall–Kier alpha value is -1.11. The van der Waals surface area contributed by atoms with Crippen molar-refractivity contribution in [1.82, 2.24) is 0 Å². The van der Waals surface area contributed by atoms with Gasteiger partial charge in [0.1, 0.15) is 0 Å². The van der Waals surface area contributed by atoms with Crippen molar-refractivity contribution in [2.45, 2.75) is 59.3 Å². The van der Waals surface area contributed by atoms with E-state index in [-0.39, 0.29) is 0 Å². The van der Waals surface area contributed by atoms with E-state index in [1.165, 1.54) is 38.5 Å². The molecule has 2 rings (SSSR count). The molecule has 102 valence electrons. The molecule has 1 N–H and O–H groups in total. The van der Waals surface area contributed by atoms with E-state index in [1.54, 1.807) is 12.2 Å². The average Bonchev–Trinajstić information content (AvgIpc) is 2.36. The van der Waals surface area contributed by atoms with Crippen LogP contribution in [0.3, 0.4) is 0 Å². The van der Waals surface area contributed by atoms with Crippen molar-refractivity contribution in [2.75, 3.05) is 0 Å². The van der Waals surface area contributed by atoms with Gasteiger partial charge in [-0.3, -0.25) is 0 Å². The summed E-state index contributed by atoms with van der Waals surface area (Å²) in [6, 6.07) is 0. The van der Waals surface area contributed by atoms with E-state index in [4.69, 9.17) is 5.41 Å². The molecule has 0 atom stereocenters. The molecule has 0 bridgehead atoms. The van der Waals surface area contributed by atoms with Crippen molar-refractivity contribution < 1.29 is 0 Å². The Labute approximate surface area is 113 Å². The van der Waals surface area contributed by atoms with Crippen LogP contribution in [-0.4, -0.2) is 5.71 Å². The first-order valence-electron chi connectivity index (χ1n) is 7.23. The van der Waals surface area contributed by atoms with Crippen molar-refractivity contribution >= 4 is 5.71 Å². The second-order valence-corrected chi connectivity index (χ2v) is 5.15. The molecule has 0 aromatic rings. The first kappa shape index (κ1) is 16.9. The molecule has 2 aliphatic carbocycles. The quantitative estimate of drug-likeness (QED) is 0.568. The number of hydrogen-bond acceptors (Lipinski definition) is 1. The molecule has 0 radical (unpaired) electrons. The van der Waals surface area contributed by atoms with Gasteiger partial charge in [-0.15, -0.1) is 0 Å². The number of hydrogen-bond donors (Lipinski definition) is 1. The fraction of sp³-hybridized carbons (Fsp3) is 0.588. The summed E-state index contributed by atoms with van der Waals surface area (Å²) in [5, 5.41) is 7.06. The van der Waals surface area contributed by atoms with Crippen molar-refractivity contribution in [1.29, 1.82) is 5.41 Å². The van der Waals surface area contributed by atoms with Crippen LogP contribution in [0, 0.1) is 11.3 Å². The zero-order valence-electron chi connectivity index (χ0n) is 12.3. The molecule has 1 saturated carbocycles. The highest BCUT2D eigenvalue weighted by Crippen LogP contribution is 2.22. The van der Waals surface area contributed by atoms with E-state index < -0.39 is 0 Å². The molecule has 18 heavy (non-hydrogen) atoms. The molecule has 0 amide bonds. The molecular formula is C17H29N. The van der Waals surface area contributed by atoms with Crippen LogP contribution in [0.25, 0.3) is 0 Å². The van der Waals surface area contributed by atoms with Gasteiger partial charge in [0.25, 0.3) is 0 Å². The third-order valence-electron chi connectivity index (χ3n) is 2.85. The number of rotatable bonds is 0. The Kier molecular flexibility index (Phi) is 10.3. The fourth-order valence-electron chi connectivity index (χ4n) is 1.81. The van der Waals surface area contributed by atoms with Crippen LogP contribution in [0.15, 0.2) is 36.5 Å². The highest BCUT2D eigenvalue weighted by Gasteiger charge is 2.05. The summed E-state index contributed by atoms with van der Waals surface area (Å²) in [4.78, 5) is 0. The molecule has 0 aromatic carbocycles. The van der Waals surface area contributed by atoms with E-state index in [0.29, 0.717) is 5.71 Å². The molecule has 0 saturated heterocycles. The molecule has 1 heteroatoms. The molecule has 2 aliphatic rings. The Morgan fingerprint density at radius 2 is 1.50 bits per heavy atom. The van der Waals surface area contributed by atoms with Gasteiger partial charge in [0.05, 0.1) is 5.71 Å². The summed E-state index contributed by atoms with van der Waals surface area (Å²) in [5.41, 5.74) is 1.50. The first-order chi connectivity index (χ1) is 8.60. The van der Waals surface area contributed by atoms with E-state index in [0.717, 1.165) is 11.5 Å². The second-order valence-electron chi connectivity index (χ2n) is 5.15. The van der Waals surface area contributed by atoms with E-state index in [9.17, 15) is 0 Å². The largest absolute Gasteiger partial charge is 0.301 e. The monoisotopic (exact) mass is 247 g/mol. The maximum Gasteiger partial charge on any atom is 0.0540 e. The lowest BCUT2D eigenvalue weighted by atomic mass is 9.91. The van der Waals surface area contributed by atoms with Crippen molar-refractivity contribution in [2.24, 2.45) is 5.92 Å². The molecular weight excluding hydrogens is 218 g/mol. The standard InChI is InChI=1S/C7H7N.C7H14.C3H8/c1-6-2-4-7(8)5-3-6;1-7-5-3-2-4-6-7;1-3-2/h2-5,8H,1H2;7H,2-6H2,1H3;3H2,1-2H3. The van der Waals surface area contributed by atoms with Gasteiger partial charge in [0, 0.05) is 0 Å². The van der Waals surface area contributed by atoms with Gasteiger partial charge in [-0.1, -0.05) is 78.0 Å². The highest BCUT2D eigenvalue weighted by molar-refractivity contribution is 6.03. The van der Waals surface area contributed by atoms with Crippen LogP contribution in [-0.2, 0) is 0 Å². The zero-order valence-corrected chi connectivity index (χ0v) is 12.3. The second kappa shape index (κ2) is 11.0. The molecule has 1 fully saturated rings. The van der Waals surface area contributed by atoms with Crippen LogP contribution in [0.1, 0.15) is 59.3 Å². The van der Waals surface area contributed by atoms with Gasteiger partial charge in [-0.25, -0.2) is 0 Å². The van der Waals surface area contributed by atoms with Gasteiger partial charge in [0.15, 0.2) is 0 Å². The van der Waals surface area contributed by atoms with E-state index in [1.807, 2.05) is 12.2 Å². The lowest BCUT2D eigenvalue weighted by Crippen LogP contribution is -1.99. The van der Waals surface area contributed by atoms with Gasteiger partial charge in [0.2, 0.25) is 0 Å². The maximum atomic E-state index is 7.06. The number of nitrogens with one attached hydrogen (secondary N) is 1. The Bertz CT molecular complexity index is 253. The summed E-state index contributed by atoms with van der Waals surface area (Å²) in [7, 11) is 0. The summed E-state index contributed by atoms with van der Waals surface area (Å²) in [6.07, 6.45) is 15.8. The average molecular weight is 247 g/mol. The van der Waals surface area contributed by atoms with Gasteiger partial charge >= 0.3 is 0 Å². The molecule has 0 unspecified atom stereocenters. The zero-order chi connectivity index (χ0) is 13.8. The van der Waals surface area contributed by atoms with Crippen LogP contribution in [0.2, 0.25) is 0 Å². The third kappa shape index (κ3) is 10.1. The van der Waals surface area contributed by atoms with Gasteiger partial charge < -0.3 is 5.41 Å². The first-order valence-corrected chi connectivity index (χ1v) is 7.23. The lowest BCUT2D eigenvalue weighted by molar-refractivity contribution is 0.385. The SMILES string of the molecule is C=C1C=CC(=N)C=C1.CC1CCCCC1.CCC. The van der Waals surface area contributed by atoms with E-state index >= 15 is 0 Å². The Morgan fingerprint density at radius 3 is 1.78 bits per heavy atom. The minimum absolute atomic E-state index is 0.539.